The zero-order chi connectivity index (χ0) is 28.2. The molecule has 2 aromatic carbocycles. The quantitative estimate of drug-likeness (QED) is 0.390. The van der Waals surface area contributed by atoms with Gasteiger partial charge in [-0.05, 0) is 75.0 Å². The van der Waals surface area contributed by atoms with Crippen molar-refractivity contribution in [3.05, 3.63) is 70.8 Å². The molecule has 0 spiro atoms. The molecule has 0 aliphatic carbocycles. The Morgan fingerprint density at radius 3 is 1.95 bits per heavy atom. The maximum atomic E-state index is 13.3. The van der Waals surface area contributed by atoms with Crippen molar-refractivity contribution >= 4 is 5.91 Å². The fraction of sp³-hybridized carbons (Fsp3) is 0.552. The van der Waals surface area contributed by atoms with Crippen LogP contribution in [0.15, 0.2) is 48.5 Å². The van der Waals surface area contributed by atoms with Crippen molar-refractivity contribution < 1.29 is 31.1 Å². The van der Waals surface area contributed by atoms with E-state index >= 15 is 0 Å². The van der Waals surface area contributed by atoms with Crippen LogP contribution in [0.5, 0.6) is 0 Å². The van der Waals surface area contributed by atoms with Crippen molar-refractivity contribution in [1.29, 1.82) is 0 Å². The second-order valence-electron chi connectivity index (χ2n) is 10.6. The molecule has 2 heterocycles. The third-order valence-corrected chi connectivity index (χ3v) is 8.00. The molecular formula is C29H35F6N3O. The molecular weight excluding hydrogens is 520 g/mol. The molecule has 10 heteroatoms. The Hall–Kier alpha value is -2.59. The molecule has 0 bridgehead atoms. The lowest BCUT2D eigenvalue weighted by atomic mass is 9.94. The van der Waals surface area contributed by atoms with Gasteiger partial charge in [0.05, 0.1) is 23.1 Å². The number of carbonyl (C=O) groups excluding carboxylic acids is 1. The van der Waals surface area contributed by atoms with Gasteiger partial charge in [0.15, 0.2) is 0 Å². The van der Waals surface area contributed by atoms with Gasteiger partial charge in [-0.1, -0.05) is 36.8 Å². The van der Waals surface area contributed by atoms with Crippen molar-refractivity contribution in [3.63, 3.8) is 0 Å². The van der Waals surface area contributed by atoms with Crippen LogP contribution < -0.4 is 5.32 Å². The Kier molecular flexibility index (Phi) is 9.26. The molecule has 214 valence electrons. The van der Waals surface area contributed by atoms with E-state index in [2.05, 4.69) is 15.1 Å². The number of nitrogens with one attached hydrogen (secondary N) is 1. The minimum atomic E-state index is -4.97. The van der Waals surface area contributed by atoms with Crippen LogP contribution in [0.1, 0.15) is 73.2 Å². The van der Waals surface area contributed by atoms with Gasteiger partial charge in [0.2, 0.25) is 5.91 Å². The molecule has 0 aromatic heterocycles. The predicted octanol–water partition coefficient (Wildman–Crippen LogP) is 6.64. The molecule has 2 saturated heterocycles. The van der Waals surface area contributed by atoms with Gasteiger partial charge in [-0.25, -0.2) is 0 Å². The summed E-state index contributed by atoms with van der Waals surface area (Å²) in [4.78, 5) is 17.9. The van der Waals surface area contributed by atoms with Gasteiger partial charge in [0, 0.05) is 25.7 Å². The van der Waals surface area contributed by atoms with Gasteiger partial charge in [0.25, 0.3) is 0 Å². The smallest absolute Gasteiger partial charge is 0.354 e. The van der Waals surface area contributed by atoms with E-state index in [1.54, 1.807) is 0 Å². The molecule has 39 heavy (non-hydrogen) atoms. The van der Waals surface area contributed by atoms with Gasteiger partial charge in [-0.15, -0.1) is 0 Å². The molecule has 0 saturated carbocycles. The molecule has 4 rings (SSSR count). The van der Waals surface area contributed by atoms with Crippen LogP contribution in [0, 0.1) is 0 Å². The van der Waals surface area contributed by atoms with E-state index in [1.165, 1.54) is 26.2 Å². The lowest BCUT2D eigenvalue weighted by Gasteiger charge is -2.43. The van der Waals surface area contributed by atoms with Gasteiger partial charge >= 0.3 is 12.4 Å². The lowest BCUT2D eigenvalue weighted by molar-refractivity contribution is -0.143. The first-order chi connectivity index (χ1) is 18.4. The summed E-state index contributed by atoms with van der Waals surface area (Å²) in [7, 11) is 0. The molecule has 1 N–H and O–H groups in total. The first-order valence-electron chi connectivity index (χ1n) is 13.5. The summed E-state index contributed by atoms with van der Waals surface area (Å²) in [5.74, 6) is -1.82. The van der Waals surface area contributed by atoms with Crippen molar-refractivity contribution in [3.8, 4) is 0 Å². The monoisotopic (exact) mass is 555 g/mol. The summed E-state index contributed by atoms with van der Waals surface area (Å²) in [5, 5.41) is 2.81. The largest absolute Gasteiger partial charge is 0.416 e. The third-order valence-electron chi connectivity index (χ3n) is 8.00. The SMILES string of the molecule is CC(C(=O)NCC(c1ccccc1)N1CCC(N2CCCCC2)CC1)c1cc(C(F)(F)F)cc(C(F)(F)F)c1. The number of piperidine rings is 2. The minimum absolute atomic E-state index is 0.0765. The van der Waals surface area contributed by atoms with Gasteiger partial charge in [0.1, 0.15) is 0 Å². The normalized spacial score (nSPS) is 20.0. The Bertz CT molecular complexity index is 1060. The number of nitrogens with zero attached hydrogens (tertiary/aromatic N) is 2. The van der Waals surface area contributed by atoms with E-state index in [9.17, 15) is 31.1 Å². The number of benzene rings is 2. The van der Waals surface area contributed by atoms with Crippen LogP contribution >= 0.6 is 0 Å². The molecule has 2 atom stereocenters. The number of carbonyl (C=O) groups is 1. The maximum absolute atomic E-state index is 13.3. The van der Waals surface area contributed by atoms with Crippen LogP contribution in [0.4, 0.5) is 26.3 Å². The van der Waals surface area contributed by atoms with Gasteiger partial charge < -0.3 is 10.2 Å². The van der Waals surface area contributed by atoms with Crippen molar-refractivity contribution in [1.82, 2.24) is 15.1 Å². The van der Waals surface area contributed by atoms with Crippen LogP contribution in [0.3, 0.4) is 0 Å². The van der Waals surface area contributed by atoms with Crippen LogP contribution in [-0.4, -0.2) is 54.5 Å². The average Bonchev–Trinajstić information content (AvgIpc) is 2.93. The molecule has 2 unspecified atom stereocenters. The molecule has 2 aliphatic heterocycles. The van der Waals surface area contributed by atoms with E-state index in [1.807, 2.05) is 30.3 Å². The molecule has 2 fully saturated rings. The summed E-state index contributed by atoms with van der Waals surface area (Å²) in [6.45, 7) is 5.47. The Balaban J connectivity index is 1.46. The zero-order valence-electron chi connectivity index (χ0n) is 22.0. The summed E-state index contributed by atoms with van der Waals surface area (Å²) in [5.41, 5.74) is -2.18. The highest BCUT2D eigenvalue weighted by Gasteiger charge is 2.38. The Labute approximate surface area is 225 Å². The molecule has 1 amide bonds. The maximum Gasteiger partial charge on any atom is 0.416 e. The minimum Gasteiger partial charge on any atom is -0.354 e. The number of halogens is 6. The zero-order valence-corrected chi connectivity index (χ0v) is 22.0. The summed E-state index contributed by atoms with van der Waals surface area (Å²) >= 11 is 0. The topological polar surface area (TPSA) is 35.6 Å². The highest BCUT2D eigenvalue weighted by Crippen LogP contribution is 2.38. The van der Waals surface area contributed by atoms with Gasteiger partial charge in [-0.3, -0.25) is 9.69 Å². The number of hydrogen-bond donors (Lipinski definition) is 1. The average molecular weight is 556 g/mol. The van der Waals surface area contributed by atoms with E-state index in [0.29, 0.717) is 18.2 Å². The first kappa shape index (κ1) is 29.4. The van der Waals surface area contributed by atoms with E-state index in [-0.39, 0.29) is 24.2 Å². The first-order valence-corrected chi connectivity index (χ1v) is 13.5. The predicted molar refractivity (Wildman–Crippen MR) is 137 cm³/mol. The van der Waals surface area contributed by atoms with E-state index < -0.39 is 35.3 Å². The summed E-state index contributed by atoms with van der Waals surface area (Å²) in [6.07, 6.45) is -4.17. The van der Waals surface area contributed by atoms with Crippen molar-refractivity contribution in [2.24, 2.45) is 0 Å². The fourth-order valence-electron chi connectivity index (χ4n) is 5.71. The number of rotatable bonds is 7. The van der Waals surface area contributed by atoms with Gasteiger partial charge in [-0.2, -0.15) is 26.3 Å². The molecule has 4 nitrogen and oxygen atoms in total. The van der Waals surface area contributed by atoms with E-state index in [4.69, 9.17) is 0 Å². The highest BCUT2D eigenvalue weighted by atomic mass is 19.4. The number of likely N-dealkylation sites (tertiary alicyclic amines) is 2. The summed E-state index contributed by atoms with van der Waals surface area (Å²) in [6, 6.07) is 11.4. The Morgan fingerprint density at radius 2 is 1.41 bits per heavy atom. The molecule has 2 aromatic rings. The number of hydrogen-bond acceptors (Lipinski definition) is 3. The third kappa shape index (κ3) is 7.54. The van der Waals surface area contributed by atoms with Crippen LogP contribution in [0.25, 0.3) is 0 Å². The van der Waals surface area contributed by atoms with Crippen molar-refractivity contribution in [2.75, 3.05) is 32.7 Å². The molecule has 0 radical (unpaired) electrons. The number of amides is 1. The highest BCUT2D eigenvalue weighted by molar-refractivity contribution is 5.83. The number of alkyl halides is 6. The summed E-state index contributed by atoms with van der Waals surface area (Å²) < 4.78 is 79.9. The fourth-order valence-corrected chi connectivity index (χ4v) is 5.71. The Morgan fingerprint density at radius 1 is 0.846 bits per heavy atom. The van der Waals surface area contributed by atoms with Crippen LogP contribution in [0.2, 0.25) is 0 Å². The van der Waals surface area contributed by atoms with Crippen molar-refractivity contribution in [2.45, 2.75) is 69.4 Å². The second kappa shape index (κ2) is 12.3. The standard InChI is InChI=1S/C29H35F6N3O/c1-20(22-16-23(28(30,31)32)18-24(17-22)29(33,34)35)27(39)36-19-26(21-8-4-2-5-9-21)38-14-10-25(11-15-38)37-12-6-3-7-13-37/h2,4-5,8-9,16-18,20,25-26H,3,6-7,10-15,19H2,1H3,(H,36,39). The van der Waals surface area contributed by atoms with E-state index in [0.717, 1.165) is 44.6 Å². The molecule has 2 aliphatic rings. The van der Waals surface area contributed by atoms with Crippen LogP contribution in [-0.2, 0) is 17.1 Å². The lowest BCUT2D eigenvalue weighted by Crippen LogP contribution is -2.49. The second-order valence-corrected chi connectivity index (χ2v) is 10.6.